The summed E-state index contributed by atoms with van der Waals surface area (Å²) in [4.78, 5) is 15.2. The molecular formula is C14H9NO3S. The third-order valence-corrected chi connectivity index (χ3v) is 3.70. The molecule has 5 heteroatoms. The molecule has 94 valence electrons. The molecule has 3 rings (SSSR count). The average molecular weight is 271 g/mol. The van der Waals surface area contributed by atoms with Gasteiger partial charge in [-0.3, -0.25) is 4.79 Å². The minimum atomic E-state index is -0.145. The highest BCUT2D eigenvalue weighted by atomic mass is 32.1. The van der Waals surface area contributed by atoms with Crippen LogP contribution in [0.1, 0.15) is 10.4 Å². The highest BCUT2D eigenvalue weighted by Gasteiger charge is 2.14. The Kier molecular flexibility index (Phi) is 2.68. The molecule has 2 aromatic carbocycles. The molecule has 19 heavy (non-hydrogen) atoms. The number of thiazole rings is 1. The number of phenolic OH excluding ortho intramolecular Hbond substituents is 2. The van der Waals surface area contributed by atoms with Crippen LogP contribution in [-0.2, 0) is 0 Å². The molecule has 2 N–H and O–H groups in total. The van der Waals surface area contributed by atoms with Crippen molar-refractivity contribution in [2.75, 3.05) is 0 Å². The topological polar surface area (TPSA) is 70.4 Å². The number of carbonyl (C=O) groups is 1. The molecular weight excluding hydrogens is 262 g/mol. The summed E-state index contributed by atoms with van der Waals surface area (Å²) in [5.41, 5.74) is 3.61. The summed E-state index contributed by atoms with van der Waals surface area (Å²) in [5.74, 6) is -0.213. The van der Waals surface area contributed by atoms with Crippen molar-refractivity contribution in [3.63, 3.8) is 0 Å². The van der Waals surface area contributed by atoms with Crippen molar-refractivity contribution in [3.05, 3.63) is 41.4 Å². The Bertz CT molecular complexity index is 779. The van der Waals surface area contributed by atoms with Crippen LogP contribution in [0.4, 0.5) is 0 Å². The van der Waals surface area contributed by atoms with Crippen molar-refractivity contribution in [2.45, 2.75) is 0 Å². The van der Waals surface area contributed by atoms with Crippen LogP contribution in [0.15, 0.2) is 35.8 Å². The zero-order valence-corrected chi connectivity index (χ0v) is 10.5. The predicted octanol–water partition coefficient (Wildman–Crippen LogP) is 3.19. The van der Waals surface area contributed by atoms with Crippen LogP contribution in [-0.4, -0.2) is 21.5 Å². The normalized spacial score (nSPS) is 10.7. The van der Waals surface area contributed by atoms with Gasteiger partial charge in [-0.2, -0.15) is 0 Å². The molecule has 0 aliphatic carbocycles. The van der Waals surface area contributed by atoms with Gasteiger partial charge in [-0.25, -0.2) is 4.98 Å². The summed E-state index contributed by atoms with van der Waals surface area (Å²) >= 11 is 1.49. The second-order valence-corrected chi connectivity index (χ2v) is 4.94. The van der Waals surface area contributed by atoms with E-state index in [1.807, 2.05) is 12.1 Å². The van der Waals surface area contributed by atoms with Crippen LogP contribution in [0.3, 0.4) is 0 Å². The number of benzene rings is 2. The molecule has 0 atom stereocenters. The van der Waals surface area contributed by atoms with Gasteiger partial charge in [0.15, 0.2) is 6.29 Å². The molecule has 1 aromatic heterocycles. The van der Waals surface area contributed by atoms with Gasteiger partial charge in [-0.15, -0.1) is 11.3 Å². The lowest BCUT2D eigenvalue weighted by Gasteiger charge is -2.08. The van der Waals surface area contributed by atoms with E-state index in [-0.39, 0.29) is 17.1 Å². The second kappa shape index (κ2) is 4.37. The number of nitrogens with zero attached hydrogens (tertiary/aromatic N) is 1. The van der Waals surface area contributed by atoms with Gasteiger partial charge in [0.2, 0.25) is 0 Å². The number of phenols is 2. The molecule has 4 nitrogen and oxygen atoms in total. The lowest BCUT2D eigenvalue weighted by atomic mass is 10.0. The van der Waals surface area contributed by atoms with E-state index >= 15 is 0 Å². The van der Waals surface area contributed by atoms with Crippen molar-refractivity contribution < 1.29 is 15.0 Å². The number of rotatable bonds is 2. The van der Waals surface area contributed by atoms with E-state index in [1.165, 1.54) is 23.5 Å². The Morgan fingerprint density at radius 2 is 2.00 bits per heavy atom. The van der Waals surface area contributed by atoms with Crippen LogP contribution in [0.25, 0.3) is 21.3 Å². The summed E-state index contributed by atoms with van der Waals surface area (Å²) in [5, 5.41) is 19.7. The Morgan fingerprint density at radius 3 is 2.79 bits per heavy atom. The molecule has 0 radical (unpaired) electrons. The predicted molar refractivity (Wildman–Crippen MR) is 73.8 cm³/mol. The first-order valence-electron chi connectivity index (χ1n) is 5.54. The van der Waals surface area contributed by atoms with Crippen molar-refractivity contribution in [3.8, 4) is 22.6 Å². The van der Waals surface area contributed by atoms with Gasteiger partial charge < -0.3 is 10.2 Å². The average Bonchev–Trinajstić information content (AvgIpc) is 2.89. The second-order valence-electron chi connectivity index (χ2n) is 4.05. The van der Waals surface area contributed by atoms with Crippen molar-refractivity contribution in [1.82, 2.24) is 4.98 Å². The maximum absolute atomic E-state index is 10.9. The largest absolute Gasteiger partial charge is 0.508 e. The monoisotopic (exact) mass is 271 g/mol. The molecule has 0 aliphatic heterocycles. The molecule has 0 aliphatic rings. The number of carbonyl (C=O) groups excluding carboxylic acids is 1. The molecule has 0 bridgehead atoms. The van der Waals surface area contributed by atoms with Gasteiger partial charge >= 0.3 is 0 Å². The highest BCUT2D eigenvalue weighted by molar-refractivity contribution is 7.16. The summed E-state index contributed by atoms with van der Waals surface area (Å²) in [6, 6.07) is 8.23. The molecule has 0 saturated heterocycles. The van der Waals surface area contributed by atoms with E-state index in [0.29, 0.717) is 17.4 Å². The van der Waals surface area contributed by atoms with Gasteiger partial charge in [0.1, 0.15) is 11.5 Å². The quantitative estimate of drug-likeness (QED) is 0.554. The molecule has 1 heterocycles. The highest BCUT2D eigenvalue weighted by Crippen LogP contribution is 2.38. The third kappa shape index (κ3) is 1.84. The molecule has 0 saturated carbocycles. The number of fused-ring (bicyclic) bond motifs is 1. The molecule has 3 aromatic rings. The van der Waals surface area contributed by atoms with Gasteiger partial charge in [0.25, 0.3) is 0 Å². The molecule has 0 fully saturated rings. The van der Waals surface area contributed by atoms with Crippen molar-refractivity contribution in [1.29, 1.82) is 0 Å². The first-order chi connectivity index (χ1) is 9.20. The maximum Gasteiger partial charge on any atom is 0.153 e. The zero-order chi connectivity index (χ0) is 13.4. The van der Waals surface area contributed by atoms with E-state index in [1.54, 1.807) is 11.6 Å². The first-order valence-corrected chi connectivity index (χ1v) is 6.42. The fourth-order valence-corrected chi connectivity index (χ4v) is 2.74. The third-order valence-electron chi connectivity index (χ3n) is 2.90. The number of aromatic hydroxyl groups is 2. The van der Waals surface area contributed by atoms with Crippen LogP contribution < -0.4 is 0 Å². The van der Waals surface area contributed by atoms with E-state index < -0.39 is 0 Å². The van der Waals surface area contributed by atoms with Gasteiger partial charge in [-0.05, 0) is 18.2 Å². The standard InChI is InChI=1S/C14H9NO3S/c16-6-8-4-9(17)5-11(14(8)18)10-2-1-3-12-13(10)15-7-19-12/h1-7,17-18H. The fourth-order valence-electron chi connectivity index (χ4n) is 2.04. The molecule has 0 unspecified atom stereocenters. The summed E-state index contributed by atoms with van der Waals surface area (Å²) in [6.07, 6.45) is 0.514. The van der Waals surface area contributed by atoms with Crippen LogP contribution in [0, 0.1) is 0 Å². The number of para-hydroxylation sites is 1. The Morgan fingerprint density at radius 1 is 1.16 bits per heavy atom. The van der Waals surface area contributed by atoms with E-state index in [0.717, 1.165) is 10.2 Å². The van der Waals surface area contributed by atoms with Gasteiger partial charge in [0, 0.05) is 11.1 Å². The lowest BCUT2D eigenvalue weighted by Crippen LogP contribution is -1.87. The minimum Gasteiger partial charge on any atom is -0.508 e. The van der Waals surface area contributed by atoms with Gasteiger partial charge in [-0.1, -0.05) is 12.1 Å². The zero-order valence-electron chi connectivity index (χ0n) is 9.70. The van der Waals surface area contributed by atoms with Crippen molar-refractivity contribution >= 4 is 27.8 Å². The van der Waals surface area contributed by atoms with Crippen LogP contribution in [0.2, 0.25) is 0 Å². The first kappa shape index (κ1) is 11.7. The number of hydrogen-bond acceptors (Lipinski definition) is 5. The maximum atomic E-state index is 10.9. The number of aldehydes is 1. The lowest BCUT2D eigenvalue weighted by molar-refractivity contribution is 0.112. The van der Waals surface area contributed by atoms with Crippen LogP contribution in [0.5, 0.6) is 11.5 Å². The smallest absolute Gasteiger partial charge is 0.153 e. The van der Waals surface area contributed by atoms with E-state index in [4.69, 9.17) is 0 Å². The Hall–Kier alpha value is -2.40. The number of aromatic nitrogens is 1. The Balaban J connectivity index is 2.35. The SMILES string of the molecule is O=Cc1cc(O)cc(-c2cccc3scnc23)c1O. The van der Waals surface area contributed by atoms with E-state index in [2.05, 4.69) is 4.98 Å². The summed E-state index contributed by atoms with van der Waals surface area (Å²) in [6.45, 7) is 0. The van der Waals surface area contributed by atoms with Crippen LogP contribution >= 0.6 is 11.3 Å². The number of hydrogen-bond donors (Lipinski definition) is 2. The Labute approximate surface area is 112 Å². The minimum absolute atomic E-state index is 0.0576. The summed E-state index contributed by atoms with van der Waals surface area (Å²) < 4.78 is 0.980. The molecule has 0 amide bonds. The van der Waals surface area contributed by atoms with E-state index in [9.17, 15) is 15.0 Å². The molecule has 0 spiro atoms. The fraction of sp³-hybridized carbons (Fsp3) is 0. The summed E-state index contributed by atoms with van der Waals surface area (Å²) in [7, 11) is 0. The van der Waals surface area contributed by atoms with Gasteiger partial charge in [0.05, 0.1) is 21.3 Å². The van der Waals surface area contributed by atoms with Crippen molar-refractivity contribution in [2.24, 2.45) is 0 Å².